The van der Waals surface area contributed by atoms with Crippen LogP contribution in [-0.2, 0) is 7.05 Å². The molecule has 0 unspecified atom stereocenters. The Labute approximate surface area is 173 Å². The van der Waals surface area contributed by atoms with Crippen LogP contribution in [0, 0.1) is 6.92 Å². The third kappa shape index (κ3) is 3.58. The minimum Gasteiger partial charge on any atom is -0.333 e. The lowest BCUT2D eigenvalue weighted by molar-refractivity contribution is 0.102. The average Bonchev–Trinajstić information content (AvgIpc) is 3.40. The zero-order valence-electron chi connectivity index (χ0n) is 16.7. The summed E-state index contributed by atoms with van der Waals surface area (Å²) < 4.78 is 3.76. The molecule has 1 aromatic carbocycles. The SMILES string of the molecule is Cc1nc(NC(=O)c2cnn(-c3ccccc3)c2C(C)C)sc1-c1nccn1C. The molecule has 1 N–H and O–H groups in total. The van der Waals surface area contributed by atoms with E-state index in [1.165, 1.54) is 11.3 Å². The number of rotatable bonds is 5. The highest BCUT2D eigenvalue weighted by molar-refractivity contribution is 7.19. The summed E-state index contributed by atoms with van der Waals surface area (Å²) in [6.45, 7) is 6.03. The van der Waals surface area contributed by atoms with Crippen molar-refractivity contribution in [3.8, 4) is 16.4 Å². The molecule has 0 aliphatic carbocycles. The van der Waals surface area contributed by atoms with Gasteiger partial charge in [0, 0.05) is 19.4 Å². The summed E-state index contributed by atoms with van der Waals surface area (Å²) in [7, 11) is 1.94. The summed E-state index contributed by atoms with van der Waals surface area (Å²) in [6.07, 6.45) is 5.26. The summed E-state index contributed by atoms with van der Waals surface area (Å²) >= 11 is 1.42. The second-order valence-corrected chi connectivity index (χ2v) is 8.09. The Morgan fingerprint density at radius 1 is 1.21 bits per heavy atom. The molecule has 29 heavy (non-hydrogen) atoms. The van der Waals surface area contributed by atoms with Crippen molar-refractivity contribution in [3.63, 3.8) is 0 Å². The van der Waals surface area contributed by atoms with Gasteiger partial charge in [-0.2, -0.15) is 5.10 Å². The monoisotopic (exact) mass is 406 g/mol. The minimum atomic E-state index is -0.212. The van der Waals surface area contributed by atoms with E-state index in [-0.39, 0.29) is 11.8 Å². The van der Waals surface area contributed by atoms with Crippen LogP contribution in [-0.4, -0.2) is 30.2 Å². The molecule has 0 fully saturated rings. The van der Waals surface area contributed by atoms with Gasteiger partial charge in [0.2, 0.25) is 0 Å². The van der Waals surface area contributed by atoms with Gasteiger partial charge in [0.05, 0.1) is 33.7 Å². The van der Waals surface area contributed by atoms with Crippen LogP contribution < -0.4 is 5.32 Å². The van der Waals surface area contributed by atoms with Gasteiger partial charge in [0.1, 0.15) is 0 Å². The molecule has 0 bridgehead atoms. The van der Waals surface area contributed by atoms with Crippen LogP contribution in [0.5, 0.6) is 0 Å². The van der Waals surface area contributed by atoms with Crippen LogP contribution in [0.1, 0.15) is 41.5 Å². The van der Waals surface area contributed by atoms with E-state index in [1.807, 2.05) is 59.7 Å². The van der Waals surface area contributed by atoms with Crippen LogP contribution in [0.2, 0.25) is 0 Å². The first-order valence-corrected chi connectivity index (χ1v) is 10.2. The van der Waals surface area contributed by atoms with Crippen molar-refractivity contribution in [2.45, 2.75) is 26.7 Å². The molecule has 4 aromatic rings. The van der Waals surface area contributed by atoms with Gasteiger partial charge < -0.3 is 4.57 Å². The van der Waals surface area contributed by atoms with Gasteiger partial charge in [0.15, 0.2) is 11.0 Å². The van der Waals surface area contributed by atoms with E-state index in [2.05, 4.69) is 34.2 Å². The van der Waals surface area contributed by atoms with Crippen molar-refractivity contribution < 1.29 is 4.79 Å². The Morgan fingerprint density at radius 2 is 1.97 bits per heavy atom. The van der Waals surface area contributed by atoms with E-state index in [0.29, 0.717) is 10.7 Å². The Hall–Kier alpha value is -3.26. The fourth-order valence-electron chi connectivity index (χ4n) is 3.27. The summed E-state index contributed by atoms with van der Waals surface area (Å²) in [4.78, 5) is 22.9. The van der Waals surface area contributed by atoms with Gasteiger partial charge >= 0.3 is 0 Å². The van der Waals surface area contributed by atoms with Gasteiger partial charge in [-0.15, -0.1) is 0 Å². The Bertz CT molecular complexity index is 1160. The highest BCUT2D eigenvalue weighted by atomic mass is 32.1. The second kappa shape index (κ2) is 7.63. The molecule has 0 radical (unpaired) electrons. The number of carbonyl (C=O) groups excluding carboxylic acids is 1. The van der Waals surface area contributed by atoms with Crippen LogP contribution in [0.15, 0.2) is 48.9 Å². The Balaban J connectivity index is 1.65. The van der Waals surface area contributed by atoms with E-state index in [9.17, 15) is 4.79 Å². The molecule has 0 spiro atoms. The number of anilines is 1. The van der Waals surface area contributed by atoms with Crippen LogP contribution in [0.25, 0.3) is 16.4 Å². The third-order valence-electron chi connectivity index (χ3n) is 4.64. The topological polar surface area (TPSA) is 77.6 Å². The largest absolute Gasteiger partial charge is 0.333 e. The fraction of sp³-hybridized carbons (Fsp3) is 0.238. The quantitative estimate of drug-likeness (QED) is 0.532. The van der Waals surface area contributed by atoms with Gasteiger partial charge in [0.25, 0.3) is 5.91 Å². The van der Waals surface area contributed by atoms with Gasteiger partial charge in [-0.05, 0) is 25.0 Å². The van der Waals surface area contributed by atoms with Gasteiger partial charge in [-0.1, -0.05) is 43.4 Å². The van der Waals surface area contributed by atoms with Crippen LogP contribution >= 0.6 is 11.3 Å². The molecule has 7 nitrogen and oxygen atoms in total. The van der Waals surface area contributed by atoms with Gasteiger partial charge in [-0.3, -0.25) is 10.1 Å². The molecule has 3 heterocycles. The maximum atomic E-state index is 13.0. The molecule has 0 aliphatic heterocycles. The Kier molecular flexibility index (Phi) is 5.02. The third-order valence-corrected chi connectivity index (χ3v) is 5.71. The lowest BCUT2D eigenvalue weighted by Gasteiger charge is -2.12. The van der Waals surface area contributed by atoms with E-state index in [4.69, 9.17) is 0 Å². The van der Waals surface area contributed by atoms with Crippen molar-refractivity contribution in [3.05, 3.63) is 65.9 Å². The maximum absolute atomic E-state index is 13.0. The second-order valence-electron chi connectivity index (χ2n) is 7.09. The number of nitrogens with one attached hydrogen (secondary N) is 1. The summed E-state index contributed by atoms with van der Waals surface area (Å²) in [5.74, 6) is 0.746. The molecule has 1 amide bonds. The van der Waals surface area contributed by atoms with Crippen molar-refractivity contribution >= 4 is 22.4 Å². The zero-order chi connectivity index (χ0) is 20.5. The molecule has 0 aliphatic rings. The summed E-state index contributed by atoms with van der Waals surface area (Å²) in [5, 5.41) is 7.96. The number of aromatic nitrogens is 5. The molecule has 4 rings (SSSR count). The number of imidazole rings is 1. The lowest BCUT2D eigenvalue weighted by Crippen LogP contribution is -2.15. The smallest absolute Gasteiger partial charge is 0.260 e. The molecule has 0 saturated heterocycles. The highest BCUT2D eigenvalue weighted by Crippen LogP contribution is 2.32. The zero-order valence-corrected chi connectivity index (χ0v) is 17.6. The number of aryl methyl sites for hydroxylation is 2. The fourth-order valence-corrected chi connectivity index (χ4v) is 4.27. The lowest BCUT2D eigenvalue weighted by atomic mass is 10.1. The average molecular weight is 407 g/mol. The van der Waals surface area contributed by atoms with Crippen molar-refractivity contribution in [1.82, 2.24) is 24.3 Å². The number of carbonyl (C=O) groups is 1. The number of nitrogens with zero attached hydrogens (tertiary/aromatic N) is 5. The van der Waals surface area contributed by atoms with Gasteiger partial charge in [-0.25, -0.2) is 14.6 Å². The number of hydrogen-bond acceptors (Lipinski definition) is 5. The summed E-state index contributed by atoms with van der Waals surface area (Å²) in [5.41, 5.74) is 3.18. The molecular weight excluding hydrogens is 384 g/mol. The predicted octanol–water partition coefficient (Wildman–Crippen LogP) is 4.41. The van der Waals surface area contributed by atoms with Crippen molar-refractivity contribution in [2.24, 2.45) is 7.05 Å². The molecule has 0 atom stereocenters. The van der Waals surface area contributed by atoms with Crippen molar-refractivity contribution in [1.29, 1.82) is 0 Å². The number of benzene rings is 1. The van der Waals surface area contributed by atoms with Crippen LogP contribution in [0.4, 0.5) is 5.13 Å². The molecule has 0 saturated carbocycles. The van der Waals surface area contributed by atoms with Crippen LogP contribution in [0.3, 0.4) is 0 Å². The maximum Gasteiger partial charge on any atom is 0.260 e. The predicted molar refractivity (Wildman–Crippen MR) is 115 cm³/mol. The van der Waals surface area contributed by atoms with E-state index in [0.717, 1.165) is 27.8 Å². The molecule has 148 valence electrons. The number of para-hydroxylation sites is 1. The molecule has 8 heteroatoms. The minimum absolute atomic E-state index is 0.125. The number of hydrogen-bond donors (Lipinski definition) is 1. The normalized spacial score (nSPS) is 11.2. The van der Waals surface area contributed by atoms with E-state index in [1.54, 1.807) is 12.4 Å². The Morgan fingerprint density at radius 3 is 2.62 bits per heavy atom. The first kappa shape index (κ1) is 19.1. The van der Waals surface area contributed by atoms with Crippen molar-refractivity contribution in [2.75, 3.05) is 5.32 Å². The van der Waals surface area contributed by atoms with E-state index < -0.39 is 0 Å². The first-order chi connectivity index (χ1) is 14.0. The molecule has 3 aromatic heterocycles. The number of amides is 1. The first-order valence-electron chi connectivity index (χ1n) is 9.35. The highest BCUT2D eigenvalue weighted by Gasteiger charge is 2.22. The standard InChI is InChI=1S/C21H22N6OS/c1-13(2)17-16(12-23-27(17)15-8-6-5-7-9-15)20(28)25-21-24-14(3)18(29-21)19-22-10-11-26(19)4/h5-13H,1-4H3,(H,24,25,28). The van der Waals surface area contributed by atoms with E-state index >= 15 is 0 Å². The summed E-state index contributed by atoms with van der Waals surface area (Å²) in [6, 6.07) is 9.82. The number of thiazole rings is 1. The molecular formula is C21H22N6OS.